The summed E-state index contributed by atoms with van der Waals surface area (Å²) in [6.45, 7) is 4.39. The number of aromatic nitrogens is 4. The Balaban J connectivity index is 1.47. The molecule has 0 aliphatic heterocycles. The molecular weight excluding hydrogens is 420 g/mol. The van der Waals surface area contributed by atoms with E-state index in [1.807, 2.05) is 35.9 Å². The van der Waals surface area contributed by atoms with Gasteiger partial charge in [-0.05, 0) is 17.5 Å². The van der Waals surface area contributed by atoms with Gasteiger partial charge in [-0.15, -0.1) is 21.5 Å². The average Bonchev–Trinajstić information content (AvgIpc) is 3.33. The van der Waals surface area contributed by atoms with Crippen molar-refractivity contribution in [2.45, 2.75) is 30.7 Å². The summed E-state index contributed by atoms with van der Waals surface area (Å²) < 4.78 is 2.04. The summed E-state index contributed by atoms with van der Waals surface area (Å²) in [6, 6.07) is 16.3. The van der Waals surface area contributed by atoms with Crippen LogP contribution < -0.4 is 0 Å². The van der Waals surface area contributed by atoms with Crippen LogP contribution in [0.3, 0.4) is 0 Å². The van der Waals surface area contributed by atoms with Crippen molar-refractivity contribution in [3.63, 3.8) is 0 Å². The van der Waals surface area contributed by atoms with Crippen molar-refractivity contribution >= 4 is 34.7 Å². The van der Waals surface area contributed by atoms with Gasteiger partial charge in [0.05, 0.1) is 10.7 Å². The molecule has 4 aromatic rings. The minimum absolute atomic E-state index is 0.517. The highest BCUT2D eigenvalue weighted by atomic mass is 35.5. The fourth-order valence-electron chi connectivity index (χ4n) is 2.98. The van der Waals surface area contributed by atoms with E-state index in [9.17, 15) is 0 Å². The molecule has 0 spiro atoms. The molecule has 0 atom stereocenters. The normalized spacial score (nSPS) is 11.3. The van der Waals surface area contributed by atoms with Gasteiger partial charge in [0.15, 0.2) is 11.0 Å². The molecule has 0 radical (unpaired) electrons. The van der Waals surface area contributed by atoms with Crippen molar-refractivity contribution in [3.8, 4) is 22.0 Å². The summed E-state index contributed by atoms with van der Waals surface area (Å²) in [4.78, 5) is 4.73. The van der Waals surface area contributed by atoms with Crippen molar-refractivity contribution in [3.05, 3.63) is 70.2 Å². The third-order valence-corrected chi connectivity index (χ3v) is 6.98. The first-order valence-electron chi connectivity index (χ1n) is 9.34. The lowest BCUT2D eigenvalue weighted by Gasteiger charge is -2.07. The second-order valence-electron chi connectivity index (χ2n) is 7.05. The molecule has 0 aliphatic rings. The Kier molecular flexibility index (Phi) is 6.04. The van der Waals surface area contributed by atoms with Crippen LogP contribution in [-0.4, -0.2) is 19.7 Å². The van der Waals surface area contributed by atoms with Crippen molar-refractivity contribution in [2.24, 2.45) is 7.05 Å². The summed E-state index contributed by atoms with van der Waals surface area (Å²) in [7, 11) is 2.00. The Morgan fingerprint density at radius 3 is 2.55 bits per heavy atom. The summed E-state index contributed by atoms with van der Waals surface area (Å²) in [5, 5.41) is 13.4. The molecule has 0 unspecified atom stereocenters. The standard InChI is InChI=1S/C22H21ClN4S2/c1-14(2)15-8-10-16(11-9-15)20-25-26-22(27(20)3)29-13-17-12-28-21(24-17)18-6-4-5-7-19(18)23/h4-12,14H,13H2,1-3H3. The number of benzene rings is 2. The maximum absolute atomic E-state index is 6.29. The molecule has 2 aromatic heterocycles. The van der Waals surface area contributed by atoms with Crippen LogP contribution in [0.25, 0.3) is 22.0 Å². The molecule has 148 valence electrons. The van der Waals surface area contributed by atoms with Crippen LogP contribution in [0.5, 0.6) is 0 Å². The first-order chi connectivity index (χ1) is 14.0. The van der Waals surface area contributed by atoms with Crippen molar-refractivity contribution in [2.75, 3.05) is 0 Å². The number of thiazole rings is 1. The van der Waals surface area contributed by atoms with Gasteiger partial charge in [0.1, 0.15) is 5.01 Å². The zero-order chi connectivity index (χ0) is 20.4. The molecular formula is C22H21ClN4S2. The van der Waals surface area contributed by atoms with Crippen LogP contribution in [0.15, 0.2) is 59.1 Å². The Morgan fingerprint density at radius 2 is 1.83 bits per heavy atom. The van der Waals surface area contributed by atoms with Gasteiger partial charge in [-0.25, -0.2) is 4.98 Å². The van der Waals surface area contributed by atoms with Gasteiger partial charge in [0, 0.05) is 29.3 Å². The SMILES string of the molecule is CC(C)c1ccc(-c2nnc(SCc3csc(-c4ccccc4Cl)n3)n2C)cc1. The molecule has 4 rings (SSSR count). The summed E-state index contributed by atoms with van der Waals surface area (Å²) >= 11 is 9.54. The molecule has 29 heavy (non-hydrogen) atoms. The highest BCUT2D eigenvalue weighted by molar-refractivity contribution is 7.98. The average molecular weight is 441 g/mol. The van der Waals surface area contributed by atoms with E-state index in [1.54, 1.807) is 23.1 Å². The van der Waals surface area contributed by atoms with Crippen molar-refractivity contribution in [1.29, 1.82) is 0 Å². The zero-order valence-electron chi connectivity index (χ0n) is 16.5. The molecule has 7 heteroatoms. The minimum Gasteiger partial charge on any atom is -0.305 e. The van der Waals surface area contributed by atoms with Crippen molar-refractivity contribution < 1.29 is 0 Å². The minimum atomic E-state index is 0.517. The Bertz CT molecular complexity index is 1120. The van der Waals surface area contributed by atoms with E-state index in [0.717, 1.165) is 43.6 Å². The molecule has 0 amide bonds. The predicted octanol–water partition coefficient (Wildman–Crippen LogP) is 6.67. The van der Waals surface area contributed by atoms with Crippen LogP contribution in [0.2, 0.25) is 5.02 Å². The number of halogens is 1. The van der Waals surface area contributed by atoms with E-state index in [0.29, 0.717) is 5.92 Å². The molecule has 0 saturated heterocycles. The van der Waals surface area contributed by atoms with Gasteiger partial charge in [0.2, 0.25) is 0 Å². The number of hydrogen-bond donors (Lipinski definition) is 0. The third-order valence-electron chi connectivity index (χ3n) is 4.68. The molecule has 0 N–H and O–H groups in total. The summed E-state index contributed by atoms with van der Waals surface area (Å²) in [6.07, 6.45) is 0. The van der Waals surface area contributed by atoms with E-state index in [-0.39, 0.29) is 0 Å². The molecule has 0 saturated carbocycles. The highest BCUT2D eigenvalue weighted by Crippen LogP contribution is 2.32. The highest BCUT2D eigenvalue weighted by Gasteiger charge is 2.13. The fraction of sp³-hybridized carbons (Fsp3) is 0.227. The molecule has 2 heterocycles. The predicted molar refractivity (Wildman–Crippen MR) is 123 cm³/mol. The van der Waals surface area contributed by atoms with E-state index in [1.165, 1.54) is 5.56 Å². The van der Waals surface area contributed by atoms with Gasteiger partial charge >= 0.3 is 0 Å². The lowest BCUT2D eigenvalue weighted by atomic mass is 10.0. The number of hydrogen-bond acceptors (Lipinski definition) is 5. The zero-order valence-corrected chi connectivity index (χ0v) is 18.9. The van der Waals surface area contributed by atoms with E-state index in [2.05, 4.69) is 53.7 Å². The van der Waals surface area contributed by atoms with Gasteiger partial charge in [-0.2, -0.15) is 0 Å². The van der Waals surface area contributed by atoms with Crippen LogP contribution >= 0.6 is 34.7 Å². The summed E-state index contributed by atoms with van der Waals surface area (Å²) in [5.41, 5.74) is 4.39. The maximum atomic E-state index is 6.29. The number of nitrogens with zero attached hydrogens (tertiary/aromatic N) is 4. The Labute approximate surface area is 184 Å². The quantitative estimate of drug-likeness (QED) is 0.314. The molecule has 4 nitrogen and oxygen atoms in total. The molecule has 0 fully saturated rings. The molecule has 2 aromatic carbocycles. The van der Waals surface area contributed by atoms with Crippen LogP contribution in [0.1, 0.15) is 31.0 Å². The van der Waals surface area contributed by atoms with Gasteiger partial charge in [-0.3, -0.25) is 0 Å². The first kappa shape index (κ1) is 20.1. The third kappa shape index (κ3) is 4.39. The fourth-order valence-corrected chi connectivity index (χ4v) is 5.03. The van der Waals surface area contributed by atoms with Crippen LogP contribution in [0, 0.1) is 0 Å². The van der Waals surface area contributed by atoms with Gasteiger partial charge < -0.3 is 4.57 Å². The smallest absolute Gasteiger partial charge is 0.191 e. The van der Waals surface area contributed by atoms with Gasteiger partial charge in [-0.1, -0.05) is 79.7 Å². The summed E-state index contributed by atoms with van der Waals surface area (Å²) in [5.74, 6) is 2.13. The first-order valence-corrected chi connectivity index (χ1v) is 11.6. The number of rotatable bonds is 6. The maximum Gasteiger partial charge on any atom is 0.191 e. The van der Waals surface area contributed by atoms with Crippen LogP contribution in [-0.2, 0) is 12.8 Å². The van der Waals surface area contributed by atoms with E-state index >= 15 is 0 Å². The number of thioether (sulfide) groups is 1. The Hall–Kier alpha value is -2.15. The second-order valence-corrected chi connectivity index (χ2v) is 9.26. The topological polar surface area (TPSA) is 43.6 Å². The van der Waals surface area contributed by atoms with E-state index in [4.69, 9.17) is 16.6 Å². The second kappa shape index (κ2) is 8.69. The molecule has 0 aliphatic carbocycles. The lowest BCUT2D eigenvalue weighted by molar-refractivity contribution is 0.793. The van der Waals surface area contributed by atoms with Crippen molar-refractivity contribution in [1.82, 2.24) is 19.7 Å². The molecule has 0 bridgehead atoms. The van der Waals surface area contributed by atoms with E-state index < -0.39 is 0 Å². The van der Waals surface area contributed by atoms with Gasteiger partial charge in [0.25, 0.3) is 0 Å². The lowest BCUT2D eigenvalue weighted by Crippen LogP contribution is -1.96. The largest absolute Gasteiger partial charge is 0.305 e. The Morgan fingerprint density at radius 1 is 1.07 bits per heavy atom. The monoisotopic (exact) mass is 440 g/mol. The van der Waals surface area contributed by atoms with Crippen LogP contribution in [0.4, 0.5) is 0 Å².